The predicted octanol–water partition coefficient (Wildman–Crippen LogP) is 4.59. The van der Waals surface area contributed by atoms with Crippen molar-refractivity contribution in [3.8, 4) is 0 Å². The third-order valence-electron chi connectivity index (χ3n) is 5.24. The molecule has 4 rings (SSSR count). The molecule has 29 heavy (non-hydrogen) atoms. The number of thioether (sulfide) groups is 1. The molecule has 2 aliphatic rings. The molecule has 1 unspecified atom stereocenters. The summed E-state index contributed by atoms with van der Waals surface area (Å²) in [7, 11) is 3.95. The highest BCUT2D eigenvalue weighted by molar-refractivity contribution is 8.14. The minimum absolute atomic E-state index is 0.00590. The molecular weight excluding hydrogens is 378 g/mol. The van der Waals surface area contributed by atoms with Gasteiger partial charge in [-0.3, -0.25) is 14.6 Å². The van der Waals surface area contributed by atoms with Crippen LogP contribution in [0.3, 0.4) is 0 Å². The third kappa shape index (κ3) is 4.21. The lowest BCUT2D eigenvalue weighted by Gasteiger charge is -2.36. The maximum atomic E-state index is 12.1. The largest absolute Gasteiger partial charge is 0.298 e. The molecule has 5 heteroatoms. The van der Waals surface area contributed by atoms with E-state index in [9.17, 15) is 4.79 Å². The van der Waals surface area contributed by atoms with Crippen molar-refractivity contribution < 1.29 is 4.79 Å². The zero-order valence-corrected chi connectivity index (χ0v) is 17.8. The minimum atomic E-state index is -0.00590. The van der Waals surface area contributed by atoms with Crippen LogP contribution in [0.25, 0.3) is 6.08 Å². The molecule has 0 N–H and O–H groups in total. The fraction of sp³-hybridized carbons (Fsp3) is 0.250. The van der Waals surface area contributed by atoms with Crippen LogP contribution in [0.4, 0.5) is 0 Å². The SMILES string of the molecule is CC(=O)N(C)C1=NC2=C(CN(C)C/C2=C\c2ccccc2)C(c2ccccc2)S1. The van der Waals surface area contributed by atoms with Crippen LogP contribution in [0.2, 0.25) is 0 Å². The number of likely N-dealkylation sites (N-methyl/N-ethyl adjacent to an activating group) is 1. The van der Waals surface area contributed by atoms with Crippen molar-refractivity contribution >= 4 is 28.9 Å². The van der Waals surface area contributed by atoms with Gasteiger partial charge in [-0.15, -0.1) is 0 Å². The maximum Gasteiger partial charge on any atom is 0.225 e. The average molecular weight is 404 g/mol. The van der Waals surface area contributed by atoms with E-state index < -0.39 is 0 Å². The zero-order chi connectivity index (χ0) is 20.4. The molecule has 0 fully saturated rings. The summed E-state index contributed by atoms with van der Waals surface area (Å²) < 4.78 is 0. The number of rotatable bonds is 2. The summed E-state index contributed by atoms with van der Waals surface area (Å²) in [6.45, 7) is 3.29. The molecule has 2 heterocycles. The number of benzene rings is 2. The number of amidine groups is 1. The number of hydrogen-bond donors (Lipinski definition) is 0. The Hall–Kier alpha value is -2.63. The third-order valence-corrected chi connectivity index (χ3v) is 6.61. The van der Waals surface area contributed by atoms with Gasteiger partial charge in [0.2, 0.25) is 5.91 Å². The van der Waals surface area contributed by atoms with Crippen molar-refractivity contribution in [3.63, 3.8) is 0 Å². The zero-order valence-electron chi connectivity index (χ0n) is 17.0. The summed E-state index contributed by atoms with van der Waals surface area (Å²) in [5.41, 5.74) is 5.93. The normalized spacial score (nSPS) is 21.0. The lowest BCUT2D eigenvalue weighted by Crippen LogP contribution is -2.36. The van der Waals surface area contributed by atoms with Crippen LogP contribution in [0.1, 0.15) is 23.3 Å². The molecule has 0 saturated heterocycles. The van der Waals surface area contributed by atoms with E-state index in [4.69, 9.17) is 4.99 Å². The van der Waals surface area contributed by atoms with Crippen LogP contribution in [0, 0.1) is 0 Å². The number of nitrogens with zero attached hydrogens (tertiary/aromatic N) is 3. The first-order valence-electron chi connectivity index (χ1n) is 9.75. The number of carbonyl (C=O) groups is 1. The van der Waals surface area contributed by atoms with Crippen LogP contribution >= 0.6 is 11.8 Å². The van der Waals surface area contributed by atoms with Crippen LogP contribution in [-0.4, -0.2) is 48.1 Å². The second kappa shape index (κ2) is 8.39. The molecule has 0 bridgehead atoms. The van der Waals surface area contributed by atoms with Crippen LogP contribution in [0.5, 0.6) is 0 Å². The fourth-order valence-electron chi connectivity index (χ4n) is 3.69. The average Bonchev–Trinajstić information content (AvgIpc) is 2.74. The summed E-state index contributed by atoms with van der Waals surface area (Å²) in [6.07, 6.45) is 2.22. The summed E-state index contributed by atoms with van der Waals surface area (Å²) in [6, 6.07) is 20.9. The molecule has 0 spiro atoms. The second-order valence-corrected chi connectivity index (χ2v) is 8.58. The van der Waals surface area contributed by atoms with Crippen molar-refractivity contribution in [2.75, 3.05) is 27.2 Å². The van der Waals surface area contributed by atoms with E-state index in [1.165, 1.54) is 16.7 Å². The van der Waals surface area contributed by atoms with Crippen LogP contribution in [0.15, 0.2) is 82.5 Å². The Bertz CT molecular complexity index is 995. The Balaban J connectivity index is 1.86. The summed E-state index contributed by atoms with van der Waals surface area (Å²) in [4.78, 5) is 21.0. The first kappa shape index (κ1) is 19.7. The molecule has 1 amide bonds. The molecule has 2 aromatic rings. The number of amides is 1. The molecule has 0 aromatic heterocycles. The van der Waals surface area contributed by atoms with Gasteiger partial charge in [-0.25, -0.2) is 4.99 Å². The predicted molar refractivity (Wildman–Crippen MR) is 122 cm³/mol. The van der Waals surface area contributed by atoms with E-state index in [0.29, 0.717) is 0 Å². The smallest absolute Gasteiger partial charge is 0.225 e. The first-order chi connectivity index (χ1) is 14.0. The van der Waals surface area contributed by atoms with Gasteiger partial charge in [-0.05, 0) is 35.4 Å². The molecule has 0 saturated carbocycles. The van der Waals surface area contributed by atoms with Gasteiger partial charge in [0.1, 0.15) is 0 Å². The van der Waals surface area contributed by atoms with Crippen molar-refractivity contribution in [1.29, 1.82) is 0 Å². The van der Waals surface area contributed by atoms with Gasteiger partial charge in [0.25, 0.3) is 0 Å². The van der Waals surface area contributed by atoms with E-state index >= 15 is 0 Å². The van der Waals surface area contributed by atoms with Gasteiger partial charge in [0, 0.05) is 27.1 Å². The number of carbonyl (C=O) groups excluding carboxylic acids is 1. The summed E-state index contributed by atoms with van der Waals surface area (Å²) in [5.74, 6) is -0.00590. The molecule has 0 radical (unpaired) electrons. The highest BCUT2D eigenvalue weighted by Gasteiger charge is 2.34. The topological polar surface area (TPSA) is 35.9 Å². The van der Waals surface area contributed by atoms with Gasteiger partial charge in [-0.2, -0.15) is 0 Å². The molecule has 2 aliphatic heterocycles. The Morgan fingerprint density at radius 1 is 1.10 bits per heavy atom. The van der Waals surface area contributed by atoms with E-state index in [1.807, 2.05) is 12.1 Å². The quantitative estimate of drug-likeness (QED) is 0.736. The van der Waals surface area contributed by atoms with Crippen LogP contribution in [-0.2, 0) is 4.79 Å². The van der Waals surface area contributed by atoms with Crippen molar-refractivity contribution in [3.05, 3.63) is 88.6 Å². The van der Waals surface area contributed by atoms with E-state index in [0.717, 1.165) is 29.5 Å². The van der Waals surface area contributed by atoms with Gasteiger partial charge >= 0.3 is 0 Å². The minimum Gasteiger partial charge on any atom is -0.298 e. The van der Waals surface area contributed by atoms with Crippen LogP contribution < -0.4 is 0 Å². The Kier molecular flexibility index (Phi) is 5.69. The summed E-state index contributed by atoms with van der Waals surface area (Å²) >= 11 is 1.66. The number of hydrogen-bond acceptors (Lipinski definition) is 4. The van der Waals surface area contributed by atoms with E-state index in [2.05, 4.69) is 66.6 Å². The molecular formula is C24H25N3OS. The molecule has 0 aliphatic carbocycles. The highest BCUT2D eigenvalue weighted by Crippen LogP contribution is 2.46. The Morgan fingerprint density at radius 3 is 2.41 bits per heavy atom. The Morgan fingerprint density at radius 2 is 1.76 bits per heavy atom. The standard InChI is InChI=1S/C24H25N3OS/c1-17(28)27(3)24-25-22-20(14-18-10-6-4-7-11-18)15-26(2)16-21(22)23(29-24)19-12-8-5-9-13-19/h4-14,23H,15-16H2,1-3H3/b20-14+. The fourth-order valence-corrected chi connectivity index (χ4v) is 4.96. The molecule has 148 valence electrons. The highest BCUT2D eigenvalue weighted by atomic mass is 32.2. The Labute approximate surface area is 176 Å². The second-order valence-electron chi connectivity index (χ2n) is 7.51. The summed E-state index contributed by atoms with van der Waals surface area (Å²) in [5, 5.41) is 0.899. The van der Waals surface area contributed by atoms with Crippen molar-refractivity contribution in [2.24, 2.45) is 4.99 Å². The van der Waals surface area contributed by atoms with E-state index in [-0.39, 0.29) is 11.2 Å². The first-order valence-corrected chi connectivity index (χ1v) is 10.6. The molecule has 1 atom stereocenters. The monoisotopic (exact) mass is 403 g/mol. The maximum absolute atomic E-state index is 12.1. The van der Waals surface area contributed by atoms with Crippen molar-refractivity contribution in [2.45, 2.75) is 12.2 Å². The molecule has 2 aromatic carbocycles. The lowest BCUT2D eigenvalue weighted by atomic mass is 9.94. The van der Waals surface area contributed by atoms with Crippen molar-refractivity contribution in [1.82, 2.24) is 9.80 Å². The number of aliphatic imine (C=N–C) groups is 1. The van der Waals surface area contributed by atoms with Gasteiger partial charge in [0.05, 0.1) is 10.9 Å². The van der Waals surface area contributed by atoms with Gasteiger partial charge < -0.3 is 0 Å². The van der Waals surface area contributed by atoms with E-state index in [1.54, 1.807) is 30.6 Å². The molecule has 4 nitrogen and oxygen atoms in total. The van der Waals surface area contributed by atoms with Gasteiger partial charge in [-0.1, -0.05) is 72.4 Å². The van der Waals surface area contributed by atoms with Gasteiger partial charge in [0.15, 0.2) is 5.17 Å². The lowest BCUT2D eigenvalue weighted by molar-refractivity contribution is -0.124.